The van der Waals surface area contributed by atoms with E-state index in [1.54, 1.807) is 24.3 Å². The van der Waals surface area contributed by atoms with E-state index < -0.39 is 34.2 Å². The van der Waals surface area contributed by atoms with Crippen LogP contribution < -0.4 is 14.9 Å². The monoisotopic (exact) mass is 562 g/mol. The summed E-state index contributed by atoms with van der Waals surface area (Å²) in [5, 5.41) is 12.0. The van der Waals surface area contributed by atoms with Crippen LogP contribution in [-0.2, 0) is 10.0 Å². The van der Waals surface area contributed by atoms with Gasteiger partial charge in [0.2, 0.25) is 15.9 Å². The van der Waals surface area contributed by atoms with Crippen LogP contribution in [0.2, 0.25) is 0 Å². The van der Waals surface area contributed by atoms with Crippen molar-refractivity contribution in [3.8, 4) is 0 Å². The molecule has 0 unspecified atom stereocenters. The number of hydrogen-bond acceptors (Lipinski definition) is 6. The van der Waals surface area contributed by atoms with Crippen LogP contribution in [0.5, 0.6) is 0 Å². The molecule has 8 nitrogen and oxygen atoms in total. The predicted octanol–water partition coefficient (Wildman–Crippen LogP) is 5.05. The van der Waals surface area contributed by atoms with E-state index in [4.69, 9.17) is 5.11 Å². The zero-order chi connectivity index (χ0) is 27.8. The van der Waals surface area contributed by atoms with E-state index >= 15 is 0 Å². The first kappa shape index (κ1) is 27.8. The third-order valence-electron chi connectivity index (χ3n) is 8.36. The van der Waals surface area contributed by atoms with Crippen molar-refractivity contribution < 1.29 is 27.1 Å². The van der Waals surface area contributed by atoms with E-state index in [-0.39, 0.29) is 24.5 Å². The van der Waals surface area contributed by atoms with Gasteiger partial charge in [0.05, 0.1) is 29.4 Å². The largest absolute Gasteiger partial charge is 0.395 e. The number of aliphatic hydroxyl groups is 1. The average Bonchev–Trinajstić information content (AvgIpc) is 3.63. The quantitative estimate of drug-likeness (QED) is 0.415. The van der Waals surface area contributed by atoms with Gasteiger partial charge in [-0.1, -0.05) is 0 Å². The summed E-state index contributed by atoms with van der Waals surface area (Å²) in [6.07, 6.45) is 4.88. The van der Waals surface area contributed by atoms with Crippen LogP contribution in [0.4, 0.5) is 25.8 Å². The van der Waals surface area contributed by atoms with E-state index in [0.717, 1.165) is 31.5 Å². The Bertz CT molecular complexity index is 1330. The number of aliphatic hydroxyl groups excluding tert-OH is 1. The van der Waals surface area contributed by atoms with Gasteiger partial charge in [-0.15, -0.1) is 0 Å². The first-order valence-corrected chi connectivity index (χ1v) is 15.3. The molecule has 1 aromatic heterocycles. The van der Waals surface area contributed by atoms with Crippen LogP contribution in [0.15, 0.2) is 30.3 Å². The van der Waals surface area contributed by atoms with Gasteiger partial charge in [0, 0.05) is 37.5 Å². The van der Waals surface area contributed by atoms with Crippen molar-refractivity contribution in [1.29, 1.82) is 0 Å². The average molecular weight is 563 g/mol. The number of halogens is 2. The molecule has 1 spiro atoms. The molecule has 1 saturated heterocycles. The third kappa shape index (κ3) is 6.69. The lowest BCUT2D eigenvalue weighted by molar-refractivity contribution is -0.0385. The molecule has 2 heterocycles. The summed E-state index contributed by atoms with van der Waals surface area (Å²) in [4.78, 5) is 20.1. The molecule has 0 radical (unpaired) electrons. The smallest absolute Gasteiger partial charge is 0.274 e. The lowest BCUT2D eigenvalue weighted by atomic mass is 9.84. The Balaban J connectivity index is 1.38. The van der Waals surface area contributed by atoms with Crippen molar-refractivity contribution in [2.24, 2.45) is 5.41 Å². The van der Waals surface area contributed by atoms with Crippen molar-refractivity contribution in [2.75, 3.05) is 40.4 Å². The second-order valence-corrected chi connectivity index (χ2v) is 13.2. The molecule has 0 bridgehead atoms. The minimum atomic E-state index is -3.71. The van der Waals surface area contributed by atoms with Gasteiger partial charge in [0.1, 0.15) is 5.69 Å². The molecule has 212 valence electrons. The predicted molar refractivity (Wildman–Crippen MR) is 147 cm³/mol. The van der Waals surface area contributed by atoms with Gasteiger partial charge >= 0.3 is 0 Å². The SMILES string of the molecule is Cc1cc(C(=O)Nc2ccc(NS(=O)(=O)CCO)cc2N2CCC3(CC2)CC3)nc(C2CCC(F)(F)CC2)c1. The molecule has 3 aliphatic rings. The molecule has 39 heavy (non-hydrogen) atoms. The highest BCUT2D eigenvalue weighted by Gasteiger charge is 2.44. The van der Waals surface area contributed by atoms with Gasteiger partial charge < -0.3 is 15.3 Å². The molecule has 3 fully saturated rings. The molecule has 11 heteroatoms. The Morgan fingerprint density at radius 1 is 1.08 bits per heavy atom. The van der Waals surface area contributed by atoms with E-state index in [9.17, 15) is 22.0 Å². The number of nitrogens with zero attached hydrogens (tertiary/aromatic N) is 2. The number of pyridine rings is 1. The molecule has 5 rings (SSSR count). The summed E-state index contributed by atoms with van der Waals surface area (Å²) >= 11 is 0. The number of anilines is 3. The second kappa shape index (κ2) is 10.6. The van der Waals surface area contributed by atoms with Crippen molar-refractivity contribution in [3.05, 3.63) is 47.3 Å². The maximum atomic E-state index is 13.7. The number of carbonyl (C=O) groups excluding carboxylic acids is 1. The molecule has 1 aromatic carbocycles. The maximum absolute atomic E-state index is 13.7. The summed E-state index contributed by atoms with van der Waals surface area (Å²) in [5.74, 6) is -3.57. The number of aryl methyl sites for hydroxylation is 1. The number of nitrogens with one attached hydrogen (secondary N) is 2. The summed E-state index contributed by atoms with van der Waals surface area (Å²) < 4.78 is 54.4. The van der Waals surface area contributed by atoms with Crippen LogP contribution in [0, 0.1) is 12.3 Å². The summed E-state index contributed by atoms with van der Waals surface area (Å²) in [7, 11) is -3.71. The zero-order valence-electron chi connectivity index (χ0n) is 22.2. The maximum Gasteiger partial charge on any atom is 0.274 e. The van der Waals surface area contributed by atoms with Gasteiger partial charge in [-0.05, 0) is 86.8 Å². The van der Waals surface area contributed by atoms with E-state index in [1.165, 1.54) is 12.8 Å². The van der Waals surface area contributed by atoms with Crippen molar-refractivity contribution in [1.82, 2.24) is 4.98 Å². The number of rotatable bonds is 8. The Morgan fingerprint density at radius 3 is 2.41 bits per heavy atom. The standard InChI is InChI=1S/C28H36F2N4O4S/c1-19-16-23(20-4-6-28(29,30)7-5-20)31-24(17-19)26(36)32-22-3-2-21(33-39(37,38)15-14-35)18-25(22)34-12-10-27(8-9-27)11-13-34/h2-3,16-18,20,33,35H,4-15H2,1H3,(H,32,36). The number of sulfonamides is 1. The van der Waals surface area contributed by atoms with Crippen LogP contribution in [0.3, 0.4) is 0 Å². The molecular weight excluding hydrogens is 526 g/mol. The first-order valence-electron chi connectivity index (χ1n) is 13.6. The van der Waals surface area contributed by atoms with Crippen molar-refractivity contribution >= 4 is 33.0 Å². The second-order valence-electron chi connectivity index (χ2n) is 11.4. The highest BCUT2D eigenvalue weighted by Crippen LogP contribution is 2.54. The summed E-state index contributed by atoms with van der Waals surface area (Å²) in [6.45, 7) is 2.97. The van der Waals surface area contributed by atoms with Crippen LogP contribution in [0.25, 0.3) is 0 Å². The van der Waals surface area contributed by atoms with E-state index in [1.807, 2.05) is 13.0 Å². The molecular formula is C28H36F2N4O4S. The highest BCUT2D eigenvalue weighted by molar-refractivity contribution is 7.92. The Labute approximate surface area is 228 Å². The van der Waals surface area contributed by atoms with Crippen molar-refractivity contribution in [3.63, 3.8) is 0 Å². The van der Waals surface area contributed by atoms with Gasteiger partial charge in [-0.2, -0.15) is 0 Å². The minimum Gasteiger partial charge on any atom is -0.395 e. The zero-order valence-corrected chi connectivity index (χ0v) is 23.0. The Kier molecular flexibility index (Phi) is 7.58. The highest BCUT2D eigenvalue weighted by atomic mass is 32.2. The van der Waals surface area contributed by atoms with Crippen LogP contribution in [0.1, 0.15) is 79.0 Å². The molecule has 2 aromatic rings. The molecule has 3 N–H and O–H groups in total. The number of benzene rings is 1. The molecule has 2 saturated carbocycles. The molecule has 0 atom stereocenters. The van der Waals surface area contributed by atoms with Crippen LogP contribution in [-0.4, -0.2) is 55.8 Å². The number of amides is 1. The third-order valence-corrected chi connectivity index (χ3v) is 9.63. The number of carbonyl (C=O) groups is 1. The van der Waals surface area contributed by atoms with E-state index in [0.29, 0.717) is 41.0 Å². The topological polar surface area (TPSA) is 112 Å². The van der Waals surface area contributed by atoms with E-state index in [2.05, 4.69) is 19.9 Å². The lowest BCUT2D eigenvalue weighted by Gasteiger charge is -2.35. The van der Waals surface area contributed by atoms with Gasteiger partial charge in [-0.25, -0.2) is 22.2 Å². The number of piperidine rings is 1. The Hall–Kier alpha value is -2.79. The van der Waals surface area contributed by atoms with Crippen molar-refractivity contribution in [2.45, 2.75) is 70.1 Å². The van der Waals surface area contributed by atoms with Gasteiger partial charge in [0.25, 0.3) is 5.91 Å². The fourth-order valence-corrected chi connectivity index (χ4v) is 6.58. The minimum absolute atomic E-state index is 0.110. The summed E-state index contributed by atoms with van der Waals surface area (Å²) in [5.41, 5.74) is 3.76. The number of aromatic nitrogens is 1. The van der Waals surface area contributed by atoms with Crippen LogP contribution >= 0.6 is 0 Å². The van der Waals surface area contributed by atoms with Gasteiger partial charge in [-0.3, -0.25) is 9.52 Å². The van der Waals surface area contributed by atoms with Gasteiger partial charge in [0.15, 0.2) is 0 Å². The molecule has 1 amide bonds. The molecule has 1 aliphatic heterocycles. The molecule has 2 aliphatic carbocycles. The lowest BCUT2D eigenvalue weighted by Crippen LogP contribution is -2.35. The number of alkyl halides is 2. The normalized spacial score (nSPS) is 20.6. The Morgan fingerprint density at radius 2 is 1.77 bits per heavy atom. The first-order chi connectivity index (χ1) is 18.5. The summed E-state index contributed by atoms with van der Waals surface area (Å²) in [6, 6.07) is 8.52. The fourth-order valence-electron chi connectivity index (χ4n) is 5.75. The number of hydrogen-bond donors (Lipinski definition) is 3. The fraction of sp³-hybridized carbons (Fsp3) is 0.571.